The first-order valence-electron chi connectivity index (χ1n) is 7.60. The van der Waals surface area contributed by atoms with Crippen molar-refractivity contribution in [1.29, 1.82) is 0 Å². The van der Waals surface area contributed by atoms with Gasteiger partial charge in [0.05, 0.1) is 6.20 Å². The van der Waals surface area contributed by atoms with Gasteiger partial charge in [0.15, 0.2) is 17.0 Å². The van der Waals surface area contributed by atoms with Gasteiger partial charge in [0, 0.05) is 6.42 Å². The molecule has 2 aromatic rings. The fraction of sp³-hybridized carbons (Fsp3) is 0.294. The highest BCUT2D eigenvalue weighted by Gasteiger charge is 2.34. The lowest BCUT2D eigenvalue weighted by atomic mass is 10.1. The van der Waals surface area contributed by atoms with Gasteiger partial charge < -0.3 is 14.2 Å². The Morgan fingerprint density at radius 2 is 2.16 bits per heavy atom. The maximum absolute atomic E-state index is 12.4. The van der Waals surface area contributed by atoms with Crippen molar-refractivity contribution in [2.45, 2.75) is 32.2 Å². The number of rotatable bonds is 6. The highest BCUT2D eigenvalue weighted by molar-refractivity contribution is 7.19. The minimum absolute atomic E-state index is 0.165. The molecule has 1 unspecified atom stereocenters. The maximum Gasteiger partial charge on any atom is 0.319 e. The average Bonchev–Trinajstić information content (AvgIpc) is 3.17. The minimum atomic E-state index is -1.17. The highest BCUT2D eigenvalue weighted by Crippen LogP contribution is 2.27. The van der Waals surface area contributed by atoms with Crippen molar-refractivity contribution >= 4 is 34.0 Å². The SMILES string of the molecule is CC(C)(OC1=COC(Cc2ccccc2)O1)C(=O)Nc1ncc(Cl)s1. The fourth-order valence-corrected chi connectivity index (χ4v) is 2.93. The van der Waals surface area contributed by atoms with Gasteiger partial charge in [-0.2, -0.15) is 0 Å². The molecular formula is C17H17ClN2O4S. The molecule has 0 spiro atoms. The van der Waals surface area contributed by atoms with Crippen LogP contribution in [0.25, 0.3) is 0 Å². The summed E-state index contributed by atoms with van der Waals surface area (Å²) in [6, 6.07) is 9.83. The number of halogens is 1. The molecule has 25 heavy (non-hydrogen) atoms. The van der Waals surface area contributed by atoms with Crippen molar-refractivity contribution in [2.24, 2.45) is 0 Å². The number of aromatic nitrogens is 1. The first-order chi connectivity index (χ1) is 11.9. The molecule has 1 N–H and O–H groups in total. The van der Waals surface area contributed by atoms with Crippen molar-refractivity contribution < 1.29 is 19.0 Å². The van der Waals surface area contributed by atoms with Crippen LogP contribution in [0.2, 0.25) is 4.34 Å². The summed E-state index contributed by atoms with van der Waals surface area (Å²) >= 11 is 6.98. The zero-order chi connectivity index (χ0) is 17.9. The molecule has 132 valence electrons. The van der Waals surface area contributed by atoms with Crippen LogP contribution in [0.5, 0.6) is 0 Å². The first-order valence-corrected chi connectivity index (χ1v) is 8.80. The number of carbonyl (C=O) groups is 1. The molecule has 0 saturated heterocycles. The molecule has 6 nitrogen and oxygen atoms in total. The first kappa shape index (κ1) is 17.6. The third kappa shape index (κ3) is 4.64. The monoisotopic (exact) mass is 380 g/mol. The van der Waals surface area contributed by atoms with E-state index in [-0.39, 0.29) is 11.9 Å². The van der Waals surface area contributed by atoms with E-state index in [2.05, 4.69) is 10.3 Å². The summed E-state index contributed by atoms with van der Waals surface area (Å²) < 4.78 is 17.2. The van der Waals surface area contributed by atoms with Crippen LogP contribution in [0.3, 0.4) is 0 Å². The molecule has 0 fully saturated rings. The second-order valence-corrected chi connectivity index (χ2v) is 7.51. The molecular weight excluding hydrogens is 364 g/mol. The summed E-state index contributed by atoms with van der Waals surface area (Å²) in [5, 5.41) is 3.07. The maximum atomic E-state index is 12.4. The highest BCUT2D eigenvalue weighted by atomic mass is 35.5. The predicted octanol–water partition coefficient (Wildman–Crippen LogP) is 3.94. The fourth-order valence-electron chi connectivity index (χ4n) is 2.12. The molecule has 3 rings (SSSR count). The number of amides is 1. The summed E-state index contributed by atoms with van der Waals surface area (Å²) in [4.78, 5) is 16.4. The van der Waals surface area contributed by atoms with Crippen molar-refractivity contribution in [3.05, 3.63) is 58.6 Å². The van der Waals surface area contributed by atoms with Crippen molar-refractivity contribution in [3.63, 3.8) is 0 Å². The molecule has 0 bridgehead atoms. The van der Waals surface area contributed by atoms with Gasteiger partial charge in [-0.25, -0.2) is 4.98 Å². The van der Waals surface area contributed by atoms with Crippen LogP contribution in [0.15, 0.2) is 48.7 Å². The van der Waals surface area contributed by atoms with Gasteiger partial charge in [-0.15, -0.1) is 0 Å². The molecule has 1 aliphatic rings. The number of benzene rings is 1. The Morgan fingerprint density at radius 3 is 2.84 bits per heavy atom. The largest absolute Gasteiger partial charge is 0.455 e. The number of ether oxygens (including phenoxy) is 3. The number of carbonyl (C=O) groups excluding carboxylic acids is 1. The van der Waals surface area contributed by atoms with E-state index >= 15 is 0 Å². The van der Waals surface area contributed by atoms with Gasteiger partial charge >= 0.3 is 5.95 Å². The van der Waals surface area contributed by atoms with Crippen LogP contribution in [-0.2, 0) is 25.4 Å². The second-order valence-electron chi connectivity index (χ2n) is 5.85. The predicted molar refractivity (Wildman–Crippen MR) is 95.1 cm³/mol. The van der Waals surface area contributed by atoms with Crippen LogP contribution in [0.1, 0.15) is 19.4 Å². The average molecular weight is 381 g/mol. The van der Waals surface area contributed by atoms with Crippen molar-refractivity contribution in [1.82, 2.24) is 4.98 Å². The Balaban J connectivity index is 1.53. The normalized spacial score (nSPS) is 16.6. The van der Waals surface area contributed by atoms with E-state index in [4.69, 9.17) is 25.8 Å². The van der Waals surface area contributed by atoms with Crippen molar-refractivity contribution in [2.75, 3.05) is 5.32 Å². The van der Waals surface area contributed by atoms with Crippen LogP contribution in [0, 0.1) is 0 Å². The topological polar surface area (TPSA) is 69.7 Å². The van der Waals surface area contributed by atoms with E-state index < -0.39 is 11.9 Å². The van der Waals surface area contributed by atoms with E-state index in [0.717, 1.165) is 5.56 Å². The molecule has 0 saturated carbocycles. The molecule has 1 aliphatic heterocycles. The molecule has 2 heterocycles. The third-order valence-electron chi connectivity index (χ3n) is 3.41. The van der Waals surface area contributed by atoms with Gasteiger partial charge in [0.25, 0.3) is 5.91 Å². The van der Waals surface area contributed by atoms with E-state index in [1.807, 2.05) is 30.3 Å². The minimum Gasteiger partial charge on any atom is -0.455 e. The van der Waals surface area contributed by atoms with Gasteiger partial charge in [0.1, 0.15) is 4.34 Å². The lowest BCUT2D eigenvalue weighted by Crippen LogP contribution is -2.39. The smallest absolute Gasteiger partial charge is 0.319 e. The third-order valence-corrected chi connectivity index (χ3v) is 4.44. The molecule has 0 aliphatic carbocycles. The second kappa shape index (κ2) is 7.33. The number of hydrogen-bond donors (Lipinski definition) is 1. The van der Waals surface area contributed by atoms with E-state index in [1.54, 1.807) is 13.8 Å². The Morgan fingerprint density at radius 1 is 1.40 bits per heavy atom. The molecule has 1 aromatic heterocycles. The summed E-state index contributed by atoms with van der Waals surface area (Å²) in [6.07, 6.45) is 2.95. The lowest BCUT2D eigenvalue weighted by molar-refractivity contribution is -0.144. The number of nitrogens with zero attached hydrogens (tertiary/aromatic N) is 1. The number of nitrogens with one attached hydrogen (secondary N) is 1. The summed E-state index contributed by atoms with van der Waals surface area (Å²) in [6.45, 7) is 3.26. The molecule has 1 aromatic carbocycles. The summed E-state index contributed by atoms with van der Waals surface area (Å²) in [7, 11) is 0. The van der Waals surface area contributed by atoms with Gasteiger partial charge in [-0.3, -0.25) is 10.1 Å². The summed E-state index contributed by atoms with van der Waals surface area (Å²) in [5.74, 6) is -0.201. The van der Waals surface area contributed by atoms with Crippen LogP contribution in [-0.4, -0.2) is 22.8 Å². The van der Waals surface area contributed by atoms with Crippen LogP contribution < -0.4 is 5.32 Å². The number of thiazole rings is 1. The quantitative estimate of drug-likeness (QED) is 0.821. The Hall–Kier alpha value is -2.25. The van der Waals surface area contributed by atoms with E-state index in [1.165, 1.54) is 23.8 Å². The molecule has 1 amide bonds. The van der Waals surface area contributed by atoms with Gasteiger partial charge in [-0.05, 0) is 19.4 Å². The molecule has 1 atom stereocenters. The van der Waals surface area contributed by atoms with Crippen LogP contribution >= 0.6 is 22.9 Å². The number of anilines is 1. The Labute approximate surface area is 154 Å². The molecule has 0 radical (unpaired) electrons. The molecule has 8 heteroatoms. The number of hydrogen-bond acceptors (Lipinski definition) is 6. The zero-order valence-corrected chi connectivity index (χ0v) is 15.3. The Kier molecular flexibility index (Phi) is 5.15. The van der Waals surface area contributed by atoms with E-state index in [0.29, 0.717) is 15.9 Å². The van der Waals surface area contributed by atoms with Gasteiger partial charge in [0.2, 0.25) is 6.29 Å². The Bertz CT molecular complexity index is 776. The van der Waals surface area contributed by atoms with Gasteiger partial charge in [-0.1, -0.05) is 53.3 Å². The summed E-state index contributed by atoms with van der Waals surface area (Å²) in [5.41, 5.74) is -0.0885. The zero-order valence-electron chi connectivity index (χ0n) is 13.7. The van der Waals surface area contributed by atoms with Crippen molar-refractivity contribution in [3.8, 4) is 0 Å². The van der Waals surface area contributed by atoms with E-state index in [9.17, 15) is 4.79 Å². The van der Waals surface area contributed by atoms with Crippen LogP contribution in [0.4, 0.5) is 5.13 Å². The lowest BCUT2D eigenvalue weighted by Gasteiger charge is -2.24. The standard InChI is InChI=1S/C17H17ClN2O4S/c1-17(2,15(21)20-16-19-9-12(18)25-16)24-14-10-22-13(23-14)8-11-6-4-3-5-7-11/h3-7,9-10,13H,8H2,1-2H3,(H,19,20,21).